The van der Waals surface area contributed by atoms with Crippen molar-refractivity contribution in [3.05, 3.63) is 180 Å². The smallest absolute Gasteiger partial charge is 0.333 e. The normalized spacial score (nSPS) is 15.6. The molecular weight excluding hydrogens is 742 g/mol. The number of anilines is 5. The fraction of sp³-hybridized carbons (Fsp3) is 0.127. The van der Waals surface area contributed by atoms with Crippen LogP contribution >= 0.6 is 11.3 Å². The Balaban J connectivity index is 1.24. The van der Waals surface area contributed by atoms with Crippen molar-refractivity contribution in [1.82, 2.24) is 0 Å². The third kappa shape index (κ3) is 4.31. The lowest BCUT2D eigenvalue weighted by atomic mass is 9.42. The van der Waals surface area contributed by atoms with Gasteiger partial charge < -0.3 is 9.71 Å². The molecule has 1 radical (unpaired) electrons. The summed E-state index contributed by atoms with van der Waals surface area (Å²) in [6.45, 7) is 11.8. The number of nitrogens with zero attached hydrogens (tertiary/aromatic N) is 2. The van der Waals surface area contributed by atoms with Gasteiger partial charge in [-0.05, 0) is 85.8 Å². The molecular formula is C55H41B2N2S. The highest BCUT2D eigenvalue weighted by Crippen LogP contribution is 2.59. The molecule has 0 saturated heterocycles. The first-order valence-electron chi connectivity index (χ1n) is 21.3. The maximum atomic E-state index is 2.75. The summed E-state index contributed by atoms with van der Waals surface area (Å²) in [7, 11) is 2.22. The second-order valence-corrected chi connectivity index (χ2v) is 19.2. The fourth-order valence-electron chi connectivity index (χ4n) is 11.6. The van der Waals surface area contributed by atoms with Gasteiger partial charge in [-0.1, -0.05) is 167 Å². The predicted octanol–water partition coefficient (Wildman–Crippen LogP) is 12.8. The molecule has 1 aliphatic carbocycles. The summed E-state index contributed by atoms with van der Waals surface area (Å²) in [4.78, 5) is 5.40. The van der Waals surface area contributed by atoms with Crippen LogP contribution in [0.4, 0.5) is 28.4 Å². The Bertz CT molecular complexity index is 3340. The molecule has 5 heteroatoms. The van der Waals surface area contributed by atoms with Gasteiger partial charge in [0.25, 0.3) is 0 Å². The summed E-state index contributed by atoms with van der Waals surface area (Å²) < 4.78 is 2.65. The molecule has 60 heavy (non-hydrogen) atoms. The Labute approximate surface area is 357 Å². The zero-order chi connectivity index (χ0) is 40.2. The van der Waals surface area contributed by atoms with Crippen LogP contribution < -0.4 is 26.1 Å². The summed E-state index contributed by atoms with van der Waals surface area (Å²) in [6, 6.07) is 60.3. The van der Waals surface area contributed by atoms with Crippen molar-refractivity contribution >= 4 is 90.5 Å². The first-order chi connectivity index (χ1) is 29.3. The van der Waals surface area contributed by atoms with Gasteiger partial charge in [-0.3, -0.25) is 0 Å². The van der Waals surface area contributed by atoms with Crippen LogP contribution in [0.25, 0.3) is 53.6 Å². The van der Waals surface area contributed by atoms with E-state index in [2.05, 4.69) is 209 Å². The van der Waals surface area contributed by atoms with Gasteiger partial charge in [-0.25, -0.2) is 0 Å². The molecule has 0 fully saturated rings. The molecule has 0 saturated carbocycles. The zero-order valence-corrected chi connectivity index (χ0v) is 35.3. The molecule has 1 aromatic heterocycles. The van der Waals surface area contributed by atoms with Gasteiger partial charge in [-0.15, -0.1) is 11.3 Å². The van der Waals surface area contributed by atoms with Crippen LogP contribution in [0, 0.1) is 0 Å². The number of hydrogen-bond acceptors (Lipinski definition) is 3. The van der Waals surface area contributed by atoms with Crippen molar-refractivity contribution in [2.24, 2.45) is 0 Å². The van der Waals surface area contributed by atoms with E-state index in [0.717, 1.165) is 0 Å². The van der Waals surface area contributed by atoms with Gasteiger partial charge in [0.05, 0.1) is 5.69 Å². The predicted molar refractivity (Wildman–Crippen MR) is 259 cm³/mol. The van der Waals surface area contributed by atoms with E-state index in [-0.39, 0.29) is 17.7 Å². The molecule has 283 valence electrons. The summed E-state index contributed by atoms with van der Waals surface area (Å²) in [5, 5.41) is 2.71. The van der Waals surface area contributed by atoms with Gasteiger partial charge in [0.15, 0.2) is 0 Å². The van der Waals surface area contributed by atoms with Crippen LogP contribution in [0.3, 0.4) is 0 Å². The van der Waals surface area contributed by atoms with Crippen LogP contribution in [0.15, 0.2) is 158 Å². The molecule has 0 amide bonds. The number of hydrogen-bond donors (Lipinski definition) is 0. The fourth-order valence-corrected chi connectivity index (χ4v) is 12.8. The van der Waals surface area contributed by atoms with Crippen LogP contribution in [-0.4, -0.2) is 14.1 Å². The first-order valence-corrected chi connectivity index (χ1v) is 22.2. The summed E-state index contributed by atoms with van der Waals surface area (Å²) in [5.74, 6) is 0. The van der Waals surface area contributed by atoms with Crippen LogP contribution in [0.2, 0.25) is 6.82 Å². The van der Waals surface area contributed by atoms with Crippen molar-refractivity contribution in [1.29, 1.82) is 0 Å². The minimum absolute atomic E-state index is 0.0663. The van der Waals surface area contributed by atoms with E-state index in [4.69, 9.17) is 0 Å². The lowest BCUT2D eigenvalue weighted by molar-refractivity contribution is 0.634. The minimum atomic E-state index is -0.183. The van der Waals surface area contributed by atoms with E-state index in [1.165, 1.54) is 121 Å². The number of benzene rings is 8. The number of rotatable bonds is 3. The Morgan fingerprint density at radius 3 is 2.08 bits per heavy atom. The lowest BCUT2D eigenvalue weighted by Crippen LogP contribution is -2.63. The largest absolute Gasteiger partial charge is 0.376 e. The third-order valence-electron chi connectivity index (χ3n) is 14.5. The zero-order valence-electron chi connectivity index (χ0n) is 34.5. The van der Waals surface area contributed by atoms with E-state index in [1.54, 1.807) is 0 Å². The number of para-hydroxylation sites is 2. The summed E-state index contributed by atoms with van der Waals surface area (Å²) >= 11 is 1.93. The van der Waals surface area contributed by atoms with E-state index in [9.17, 15) is 0 Å². The Kier molecular flexibility index (Phi) is 6.87. The highest BCUT2D eigenvalue weighted by atomic mass is 32.1. The second-order valence-electron chi connectivity index (χ2n) is 18.2. The molecule has 4 aliphatic rings. The molecule has 0 N–H and O–H groups in total. The average molecular weight is 784 g/mol. The maximum Gasteiger partial charge on any atom is 0.333 e. The molecule has 0 spiro atoms. The number of fused-ring (bicyclic) bond motifs is 13. The van der Waals surface area contributed by atoms with Gasteiger partial charge in [-0.2, -0.15) is 0 Å². The molecule has 8 aromatic carbocycles. The van der Waals surface area contributed by atoms with Gasteiger partial charge in [0.2, 0.25) is 0 Å². The summed E-state index contributed by atoms with van der Waals surface area (Å²) in [5.41, 5.74) is 23.3. The van der Waals surface area contributed by atoms with Crippen molar-refractivity contribution in [2.45, 2.75) is 45.3 Å². The minimum Gasteiger partial charge on any atom is -0.376 e. The third-order valence-corrected chi connectivity index (χ3v) is 15.6. The molecule has 3 aliphatic heterocycles. The van der Waals surface area contributed by atoms with Crippen LogP contribution in [0.5, 0.6) is 0 Å². The highest BCUT2D eigenvalue weighted by molar-refractivity contribution is 7.26. The van der Waals surface area contributed by atoms with Crippen molar-refractivity contribution < 1.29 is 0 Å². The molecule has 0 bridgehead atoms. The van der Waals surface area contributed by atoms with E-state index >= 15 is 0 Å². The summed E-state index contributed by atoms with van der Waals surface area (Å²) in [6.07, 6.45) is 0. The monoisotopic (exact) mass is 783 g/mol. The molecule has 4 heterocycles. The maximum absolute atomic E-state index is 2.75. The first kappa shape index (κ1) is 34.6. The van der Waals surface area contributed by atoms with Crippen LogP contribution in [-0.2, 0) is 10.8 Å². The standard InChI is InChI=1S/C55H41B2N2S/c1-54(2)39-21-11-9-18-34(39)38-29-46-43(30-42(38)54)57-52-47(58(46)44-27-26-33(56-5)28-37(44)32-16-7-6-8-17-32)31-49-50(35-19-10-14-25-48(35)60-49)51(52)36-20-15-23-41-53(36)59(57)45-24-13-12-22-40(45)55(41,3)4/h6-31H,1-5H3. The van der Waals surface area contributed by atoms with Gasteiger partial charge in [0.1, 0.15) is 7.28 Å². The second kappa shape index (κ2) is 11.9. The van der Waals surface area contributed by atoms with Crippen molar-refractivity contribution in [3.8, 4) is 33.4 Å². The lowest BCUT2D eigenvalue weighted by Gasteiger charge is -2.51. The molecule has 0 unspecified atom stereocenters. The van der Waals surface area contributed by atoms with E-state index < -0.39 is 0 Å². The molecule has 0 atom stereocenters. The molecule has 9 aromatic rings. The Hall–Kier alpha value is -6.29. The Morgan fingerprint density at radius 2 is 1.23 bits per heavy atom. The average Bonchev–Trinajstić information content (AvgIpc) is 3.76. The molecule has 2 nitrogen and oxygen atoms in total. The van der Waals surface area contributed by atoms with Gasteiger partial charge >= 0.3 is 6.85 Å². The van der Waals surface area contributed by atoms with Crippen molar-refractivity contribution in [3.63, 3.8) is 0 Å². The number of thiophene rings is 1. The van der Waals surface area contributed by atoms with E-state index in [0.29, 0.717) is 0 Å². The topological polar surface area (TPSA) is 6.48 Å². The Morgan fingerprint density at radius 1 is 0.517 bits per heavy atom. The SMILES string of the molecule is C[B]c1ccc(N2c3cc4c(cc3B3c5c2cc2sc6ccccc6c2c5-c2cccc5c2N3c2ccccc2C5(C)C)C(C)(C)c2ccccc2-4)c(-c2ccccc2)c1. The highest BCUT2D eigenvalue weighted by Gasteiger charge is 2.52. The molecule has 13 rings (SSSR count). The van der Waals surface area contributed by atoms with Crippen LogP contribution in [0.1, 0.15) is 49.9 Å². The van der Waals surface area contributed by atoms with E-state index in [1.807, 2.05) is 11.3 Å². The van der Waals surface area contributed by atoms with Gasteiger partial charge in [0, 0.05) is 64.9 Å². The van der Waals surface area contributed by atoms with Crippen molar-refractivity contribution in [2.75, 3.05) is 9.71 Å². The quantitative estimate of drug-likeness (QED) is 0.165.